The zero-order valence-corrected chi connectivity index (χ0v) is 16.1. The Kier molecular flexibility index (Phi) is 5.36. The number of rotatable bonds is 6. The van der Waals surface area contributed by atoms with Crippen LogP contribution < -0.4 is 0 Å². The summed E-state index contributed by atoms with van der Waals surface area (Å²) in [5.74, 6) is -1.86. The van der Waals surface area contributed by atoms with Crippen LogP contribution in [0.5, 0.6) is 0 Å². The van der Waals surface area contributed by atoms with Gasteiger partial charge in [-0.1, -0.05) is 42.8 Å². The van der Waals surface area contributed by atoms with Crippen molar-refractivity contribution in [1.82, 2.24) is 9.47 Å². The Bertz CT molecular complexity index is 1040. The lowest BCUT2D eigenvalue weighted by Crippen LogP contribution is -2.37. The average Bonchev–Trinajstić information content (AvgIpc) is 3.07. The summed E-state index contributed by atoms with van der Waals surface area (Å²) in [6.07, 6.45) is 5.00. The smallest absolute Gasteiger partial charge is 0.335 e. The van der Waals surface area contributed by atoms with Crippen LogP contribution in [0.3, 0.4) is 0 Å². The number of carboxylic acid groups (broad SMARTS) is 2. The largest absolute Gasteiger partial charge is 0.480 e. The lowest BCUT2D eigenvalue weighted by atomic mass is 10.0. The minimum absolute atomic E-state index is 0.196. The molecule has 0 radical (unpaired) electrons. The first-order chi connectivity index (χ1) is 14.0. The molecule has 1 atom stereocenters. The van der Waals surface area contributed by atoms with Crippen LogP contribution in [-0.4, -0.2) is 44.7 Å². The van der Waals surface area contributed by atoms with Crippen molar-refractivity contribution in [2.45, 2.75) is 31.8 Å². The molecular formula is C23H24N2O4. The predicted octanol–water partition coefficient (Wildman–Crippen LogP) is 4.00. The van der Waals surface area contributed by atoms with E-state index in [2.05, 4.69) is 0 Å². The van der Waals surface area contributed by atoms with E-state index in [-0.39, 0.29) is 5.56 Å². The molecule has 2 N–H and O–H groups in total. The molecule has 0 spiro atoms. The maximum absolute atomic E-state index is 12.2. The Labute approximate surface area is 169 Å². The van der Waals surface area contributed by atoms with Crippen molar-refractivity contribution < 1.29 is 19.8 Å². The summed E-state index contributed by atoms with van der Waals surface area (Å²) < 4.78 is 1.96. The number of carboxylic acids is 2. The molecule has 4 rings (SSSR count). The fraction of sp³-hybridized carbons (Fsp3) is 0.304. The third-order valence-electron chi connectivity index (χ3n) is 5.64. The second-order valence-electron chi connectivity index (χ2n) is 7.57. The second kappa shape index (κ2) is 8.09. The van der Waals surface area contributed by atoms with Crippen LogP contribution in [0.4, 0.5) is 0 Å². The number of fused-ring (bicyclic) bond motifs is 1. The fourth-order valence-corrected chi connectivity index (χ4v) is 4.24. The molecule has 1 aromatic heterocycles. The third kappa shape index (κ3) is 3.89. The Hall–Kier alpha value is -3.12. The number of piperidine rings is 1. The first-order valence-corrected chi connectivity index (χ1v) is 9.91. The van der Waals surface area contributed by atoms with Crippen molar-refractivity contribution >= 4 is 22.8 Å². The average molecular weight is 392 g/mol. The molecule has 6 nitrogen and oxygen atoms in total. The zero-order chi connectivity index (χ0) is 20.4. The standard InChI is InChI=1S/C23H24N2O4/c26-22(27)17-9-10-18-19(21(23(28)29)24-11-5-2-6-12-24)15-25(20(18)13-17)14-16-7-3-1-4-8-16/h1,3-4,7-10,13,15,21H,2,5-6,11-12,14H2,(H,26,27)(H,28,29)/t21-/m0/s1. The van der Waals surface area contributed by atoms with Gasteiger partial charge in [-0.3, -0.25) is 9.69 Å². The Morgan fingerprint density at radius 3 is 2.34 bits per heavy atom. The quantitative estimate of drug-likeness (QED) is 0.663. The fourth-order valence-electron chi connectivity index (χ4n) is 4.24. The molecule has 1 fully saturated rings. The van der Waals surface area contributed by atoms with Gasteiger partial charge in [0.2, 0.25) is 0 Å². The van der Waals surface area contributed by atoms with Crippen molar-refractivity contribution in [1.29, 1.82) is 0 Å². The topological polar surface area (TPSA) is 82.8 Å². The highest BCUT2D eigenvalue weighted by atomic mass is 16.4. The van der Waals surface area contributed by atoms with E-state index < -0.39 is 18.0 Å². The highest BCUT2D eigenvalue weighted by Gasteiger charge is 2.31. The van der Waals surface area contributed by atoms with E-state index in [1.54, 1.807) is 18.2 Å². The number of carbonyl (C=O) groups is 2. The van der Waals surface area contributed by atoms with Gasteiger partial charge in [0.05, 0.1) is 5.56 Å². The molecule has 0 unspecified atom stereocenters. The van der Waals surface area contributed by atoms with Crippen molar-refractivity contribution in [3.05, 3.63) is 71.4 Å². The van der Waals surface area contributed by atoms with Gasteiger partial charge in [0, 0.05) is 29.2 Å². The lowest BCUT2D eigenvalue weighted by Gasteiger charge is -2.31. The van der Waals surface area contributed by atoms with Crippen molar-refractivity contribution in [3.8, 4) is 0 Å². The van der Waals surface area contributed by atoms with Gasteiger partial charge in [-0.25, -0.2) is 4.79 Å². The van der Waals surface area contributed by atoms with Gasteiger partial charge >= 0.3 is 11.9 Å². The Morgan fingerprint density at radius 2 is 1.69 bits per heavy atom. The number of aliphatic carboxylic acids is 1. The van der Waals surface area contributed by atoms with Crippen LogP contribution >= 0.6 is 0 Å². The molecule has 1 aliphatic rings. The highest BCUT2D eigenvalue weighted by molar-refractivity contribution is 5.96. The summed E-state index contributed by atoms with van der Waals surface area (Å²) in [6.45, 7) is 2.07. The van der Waals surface area contributed by atoms with E-state index in [1.165, 1.54) is 0 Å². The number of likely N-dealkylation sites (tertiary alicyclic amines) is 1. The summed E-state index contributed by atoms with van der Waals surface area (Å²) in [6, 6.07) is 14.1. The maximum Gasteiger partial charge on any atom is 0.335 e. The minimum atomic E-state index is -0.994. The van der Waals surface area contributed by atoms with Crippen molar-refractivity contribution in [3.63, 3.8) is 0 Å². The van der Waals surface area contributed by atoms with Gasteiger partial charge < -0.3 is 14.8 Å². The normalized spacial score (nSPS) is 16.0. The number of hydrogen-bond donors (Lipinski definition) is 2. The predicted molar refractivity (Wildman–Crippen MR) is 110 cm³/mol. The van der Waals surface area contributed by atoms with Gasteiger partial charge in [-0.05, 0) is 43.6 Å². The molecule has 2 heterocycles. The van der Waals surface area contributed by atoms with E-state index in [9.17, 15) is 19.8 Å². The number of nitrogens with zero attached hydrogens (tertiary/aromatic N) is 2. The third-order valence-corrected chi connectivity index (χ3v) is 5.64. The minimum Gasteiger partial charge on any atom is -0.480 e. The Balaban J connectivity index is 1.84. The molecule has 150 valence electrons. The van der Waals surface area contributed by atoms with Crippen LogP contribution in [0.2, 0.25) is 0 Å². The highest BCUT2D eigenvalue weighted by Crippen LogP contribution is 2.33. The molecular weight excluding hydrogens is 368 g/mol. The van der Waals surface area contributed by atoms with Crippen molar-refractivity contribution in [2.24, 2.45) is 0 Å². The molecule has 1 saturated heterocycles. The number of aromatic nitrogens is 1. The van der Waals surface area contributed by atoms with E-state index in [1.807, 2.05) is 46.0 Å². The van der Waals surface area contributed by atoms with Gasteiger partial charge in [0.15, 0.2) is 0 Å². The maximum atomic E-state index is 12.2. The SMILES string of the molecule is O=C(O)c1ccc2c([C@@H](C(=O)O)N3CCCCC3)cn(Cc3ccccc3)c2c1. The van der Waals surface area contributed by atoms with Gasteiger partial charge in [-0.2, -0.15) is 0 Å². The van der Waals surface area contributed by atoms with Crippen LogP contribution in [0.1, 0.15) is 46.8 Å². The summed E-state index contributed by atoms with van der Waals surface area (Å²) in [5, 5.41) is 20.3. The summed E-state index contributed by atoms with van der Waals surface area (Å²) in [5.41, 5.74) is 2.73. The summed E-state index contributed by atoms with van der Waals surface area (Å²) in [4.78, 5) is 25.8. The van der Waals surface area contributed by atoms with Crippen LogP contribution in [-0.2, 0) is 11.3 Å². The first-order valence-electron chi connectivity index (χ1n) is 9.91. The summed E-state index contributed by atoms with van der Waals surface area (Å²) >= 11 is 0. The van der Waals surface area contributed by atoms with E-state index >= 15 is 0 Å². The van der Waals surface area contributed by atoms with E-state index in [4.69, 9.17) is 0 Å². The number of aromatic carboxylic acids is 1. The molecule has 6 heteroatoms. The zero-order valence-electron chi connectivity index (χ0n) is 16.1. The molecule has 2 aromatic carbocycles. The van der Waals surface area contributed by atoms with E-state index in [0.29, 0.717) is 6.54 Å². The van der Waals surface area contributed by atoms with Gasteiger partial charge in [0.25, 0.3) is 0 Å². The first kappa shape index (κ1) is 19.2. The van der Waals surface area contributed by atoms with Crippen LogP contribution in [0.25, 0.3) is 10.9 Å². The van der Waals surface area contributed by atoms with Crippen LogP contribution in [0, 0.1) is 0 Å². The lowest BCUT2D eigenvalue weighted by molar-refractivity contribution is -0.144. The molecule has 1 aliphatic heterocycles. The van der Waals surface area contributed by atoms with Gasteiger partial charge in [-0.15, -0.1) is 0 Å². The van der Waals surface area contributed by atoms with Crippen molar-refractivity contribution in [2.75, 3.05) is 13.1 Å². The van der Waals surface area contributed by atoms with Gasteiger partial charge in [0.1, 0.15) is 6.04 Å². The molecule has 0 aliphatic carbocycles. The molecule has 29 heavy (non-hydrogen) atoms. The molecule has 0 saturated carbocycles. The summed E-state index contributed by atoms with van der Waals surface area (Å²) in [7, 11) is 0. The Morgan fingerprint density at radius 1 is 0.966 bits per heavy atom. The monoisotopic (exact) mass is 392 g/mol. The number of benzene rings is 2. The molecule has 0 amide bonds. The van der Waals surface area contributed by atoms with E-state index in [0.717, 1.165) is 54.4 Å². The van der Waals surface area contributed by atoms with Crippen LogP contribution in [0.15, 0.2) is 54.7 Å². The number of hydrogen-bond acceptors (Lipinski definition) is 3. The molecule has 0 bridgehead atoms. The molecule has 3 aromatic rings. The second-order valence-corrected chi connectivity index (χ2v) is 7.57.